The first-order valence-electron chi connectivity index (χ1n) is 5.40. The van der Waals surface area contributed by atoms with E-state index in [1.807, 2.05) is 0 Å². The van der Waals surface area contributed by atoms with Gasteiger partial charge in [-0.05, 0) is 19.3 Å². The van der Waals surface area contributed by atoms with Gasteiger partial charge in [-0.2, -0.15) is 0 Å². The molecular weight excluding hydrogens is 190 g/mol. The van der Waals surface area contributed by atoms with Crippen LogP contribution in [0, 0.1) is 0 Å². The first-order chi connectivity index (χ1) is 7.45. The average Bonchev–Trinajstić information content (AvgIpc) is 2.78. The smallest absolute Gasteiger partial charge is 0.169 e. The summed E-state index contributed by atoms with van der Waals surface area (Å²) in [5, 5.41) is 0. The molecule has 1 unspecified atom stereocenters. The fraction of sp³-hybridized carbons (Fsp3) is 0.600. The summed E-state index contributed by atoms with van der Waals surface area (Å²) in [5.41, 5.74) is 0. The van der Waals surface area contributed by atoms with Crippen LogP contribution in [-0.2, 0) is 0 Å². The van der Waals surface area contributed by atoms with E-state index < -0.39 is 0 Å². The molecule has 0 amide bonds. The Kier molecular flexibility index (Phi) is 2.08. The lowest BCUT2D eigenvalue weighted by molar-refractivity contribution is 0.337. The van der Waals surface area contributed by atoms with Crippen LogP contribution < -0.4 is 0 Å². The largest absolute Gasteiger partial charge is 0.358 e. The minimum Gasteiger partial charge on any atom is -0.358 e. The second kappa shape index (κ2) is 3.56. The molecule has 5 heteroatoms. The highest BCUT2D eigenvalue weighted by Gasteiger charge is 2.30. The minimum absolute atomic E-state index is 0.0342. The van der Waals surface area contributed by atoms with Gasteiger partial charge in [0.05, 0.1) is 0 Å². The lowest BCUT2D eigenvalue weighted by Gasteiger charge is -2.32. The Morgan fingerprint density at radius 3 is 2.80 bits per heavy atom. The van der Waals surface area contributed by atoms with Crippen molar-refractivity contribution in [2.45, 2.75) is 25.3 Å². The maximum atomic E-state index is 4.35. The Hall–Kier alpha value is -1.52. The van der Waals surface area contributed by atoms with Crippen molar-refractivity contribution in [2.75, 3.05) is 13.1 Å². The van der Waals surface area contributed by atoms with Crippen molar-refractivity contribution in [3.8, 4) is 0 Å². The van der Waals surface area contributed by atoms with E-state index in [9.17, 15) is 0 Å². The van der Waals surface area contributed by atoms with Crippen LogP contribution in [0.1, 0.15) is 19.3 Å². The molecule has 0 bridgehead atoms. The molecule has 3 rings (SSSR count). The van der Waals surface area contributed by atoms with E-state index in [1.165, 1.54) is 19.3 Å². The zero-order valence-corrected chi connectivity index (χ0v) is 8.50. The van der Waals surface area contributed by atoms with E-state index in [0.717, 1.165) is 24.8 Å². The predicted octanol–water partition coefficient (Wildman–Crippen LogP) is 0.722. The molecule has 0 aromatic carbocycles. The van der Waals surface area contributed by atoms with Crippen molar-refractivity contribution in [3.63, 3.8) is 0 Å². The Morgan fingerprint density at radius 1 is 1.07 bits per heavy atom. The van der Waals surface area contributed by atoms with Gasteiger partial charge in [0.1, 0.15) is 18.5 Å². The third-order valence-electron chi connectivity index (χ3n) is 2.95. The van der Waals surface area contributed by atoms with Crippen molar-refractivity contribution < 1.29 is 0 Å². The van der Waals surface area contributed by atoms with E-state index in [4.69, 9.17) is 0 Å². The lowest BCUT2D eigenvalue weighted by Crippen LogP contribution is -2.44. The number of rotatable bonds is 0. The van der Waals surface area contributed by atoms with E-state index in [1.54, 1.807) is 12.7 Å². The highest BCUT2D eigenvalue weighted by Crippen LogP contribution is 2.16. The second-order valence-electron chi connectivity index (χ2n) is 3.93. The Morgan fingerprint density at radius 2 is 1.93 bits per heavy atom. The third kappa shape index (κ3) is 1.48. The fourth-order valence-electron chi connectivity index (χ4n) is 2.18. The zero-order chi connectivity index (χ0) is 10.1. The summed E-state index contributed by atoms with van der Waals surface area (Å²) in [6.45, 7) is 2.18. The molecule has 1 saturated heterocycles. The average molecular weight is 203 g/mol. The summed E-state index contributed by atoms with van der Waals surface area (Å²) < 4.78 is 0. The number of hydrogen-bond donors (Lipinski definition) is 0. The quantitative estimate of drug-likeness (QED) is 0.572. The van der Waals surface area contributed by atoms with Crippen LogP contribution >= 0.6 is 0 Å². The van der Waals surface area contributed by atoms with Gasteiger partial charge >= 0.3 is 0 Å². The molecule has 0 aliphatic carbocycles. The number of likely N-dealkylation sites (tertiary alicyclic amines) is 1. The van der Waals surface area contributed by atoms with Crippen molar-refractivity contribution >= 4 is 24.3 Å². The van der Waals surface area contributed by atoms with E-state index in [-0.39, 0.29) is 6.04 Å². The molecule has 1 fully saturated rings. The van der Waals surface area contributed by atoms with Crippen LogP contribution in [0.4, 0.5) is 0 Å². The molecule has 78 valence electrons. The third-order valence-corrected chi connectivity index (χ3v) is 2.95. The number of amidine groups is 2. The minimum atomic E-state index is -0.0342. The van der Waals surface area contributed by atoms with Gasteiger partial charge in [-0.15, -0.1) is 0 Å². The van der Waals surface area contributed by atoms with Crippen LogP contribution in [0.25, 0.3) is 0 Å². The van der Waals surface area contributed by atoms with Crippen LogP contribution in [0.2, 0.25) is 0 Å². The highest BCUT2D eigenvalue weighted by molar-refractivity contribution is 6.19. The molecule has 1 atom stereocenters. The number of aliphatic imine (C=N–C) groups is 4. The normalized spacial score (nSPS) is 28.8. The molecule has 3 aliphatic heterocycles. The summed E-state index contributed by atoms with van der Waals surface area (Å²) in [6.07, 6.45) is 7.00. The summed E-state index contributed by atoms with van der Waals surface area (Å²) in [7, 11) is 0. The van der Waals surface area contributed by atoms with Gasteiger partial charge in [-0.1, -0.05) is 0 Å². The molecule has 3 aliphatic rings. The van der Waals surface area contributed by atoms with Crippen molar-refractivity contribution in [1.29, 1.82) is 0 Å². The van der Waals surface area contributed by atoms with Crippen LogP contribution in [0.15, 0.2) is 20.0 Å². The zero-order valence-electron chi connectivity index (χ0n) is 8.50. The van der Waals surface area contributed by atoms with Gasteiger partial charge in [0, 0.05) is 13.1 Å². The molecule has 0 aromatic heterocycles. The summed E-state index contributed by atoms with van der Waals surface area (Å²) in [5.74, 6) is 1.81. The predicted molar refractivity (Wildman–Crippen MR) is 61.1 cm³/mol. The van der Waals surface area contributed by atoms with Gasteiger partial charge in [-0.3, -0.25) is 4.99 Å². The number of nitrogens with zero attached hydrogens (tertiary/aromatic N) is 5. The SMILES string of the molecule is C1=NC2=NC=NC2C(N2CCCCC2)=N1. The molecule has 3 heterocycles. The number of hydrogen-bond acceptors (Lipinski definition) is 5. The van der Waals surface area contributed by atoms with Crippen LogP contribution in [0.5, 0.6) is 0 Å². The molecule has 0 saturated carbocycles. The number of fused-ring (bicyclic) bond motifs is 1. The van der Waals surface area contributed by atoms with Crippen molar-refractivity contribution in [3.05, 3.63) is 0 Å². The summed E-state index contributed by atoms with van der Waals surface area (Å²) >= 11 is 0. The van der Waals surface area contributed by atoms with Crippen LogP contribution in [-0.4, -0.2) is 48.4 Å². The van der Waals surface area contributed by atoms with E-state index >= 15 is 0 Å². The molecule has 0 N–H and O–H groups in total. The fourth-order valence-corrected chi connectivity index (χ4v) is 2.18. The Balaban J connectivity index is 1.85. The standard InChI is InChI=1S/C10H13N5/c1-2-4-15(5-3-1)10-8-9(12-6-11-8)13-7-14-10/h6-8H,1-5H2. The van der Waals surface area contributed by atoms with Crippen LogP contribution in [0.3, 0.4) is 0 Å². The van der Waals surface area contributed by atoms with Gasteiger partial charge in [-0.25, -0.2) is 15.0 Å². The molecule has 0 spiro atoms. The van der Waals surface area contributed by atoms with Gasteiger partial charge in [0.15, 0.2) is 11.9 Å². The Bertz CT molecular complexity index is 373. The maximum absolute atomic E-state index is 4.35. The highest BCUT2D eigenvalue weighted by atomic mass is 15.3. The molecule has 15 heavy (non-hydrogen) atoms. The van der Waals surface area contributed by atoms with Gasteiger partial charge in [0.2, 0.25) is 0 Å². The maximum Gasteiger partial charge on any atom is 0.169 e. The second-order valence-corrected chi connectivity index (χ2v) is 3.93. The van der Waals surface area contributed by atoms with Gasteiger partial charge < -0.3 is 4.90 Å². The van der Waals surface area contributed by atoms with Crippen molar-refractivity contribution in [2.24, 2.45) is 20.0 Å². The molecular formula is C10H13N5. The molecule has 0 radical (unpaired) electrons. The van der Waals surface area contributed by atoms with Gasteiger partial charge in [0.25, 0.3) is 0 Å². The summed E-state index contributed by atoms with van der Waals surface area (Å²) in [6, 6.07) is -0.0342. The Labute approximate surface area is 88.3 Å². The first kappa shape index (κ1) is 8.76. The summed E-state index contributed by atoms with van der Waals surface area (Å²) in [4.78, 5) is 19.2. The van der Waals surface area contributed by atoms with E-state index in [2.05, 4.69) is 24.9 Å². The monoisotopic (exact) mass is 203 g/mol. The van der Waals surface area contributed by atoms with E-state index in [0.29, 0.717) is 0 Å². The first-order valence-corrected chi connectivity index (χ1v) is 5.40. The molecule has 5 nitrogen and oxygen atoms in total. The van der Waals surface area contributed by atoms with Crippen molar-refractivity contribution in [1.82, 2.24) is 4.90 Å². The molecule has 0 aromatic rings. The number of piperidine rings is 1. The topological polar surface area (TPSA) is 52.7 Å². The lowest BCUT2D eigenvalue weighted by atomic mass is 10.1.